The second-order valence-electron chi connectivity index (χ2n) is 6.37. The van der Waals surface area contributed by atoms with E-state index < -0.39 is 12.0 Å². The molecule has 0 aliphatic heterocycles. The molecule has 0 saturated carbocycles. The molecule has 1 unspecified atom stereocenters. The summed E-state index contributed by atoms with van der Waals surface area (Å²) in [5, 5.41) is 31.8. The van der Waals surface area contributed by atoms with Gasteiger partial charge in [-0.05, 0) is 44.9 Å². The zero-order valence-electron chi connectivity index (χ0n) is 15.5. The van der Waals surface area contributed by atoms with Crippen LogP contribution in [0.4, 0.5) is 0 Å². The number of aliphatic hydroxyl groups is 2. The second-order valence-corrected chi connectivity index (χ2v) is 6.37. The maximum Gasteiger partial charge on any atom is 0.326 e. The Hall–Kier alpha value is -1.67. The molecular weight excluding hydrogens is 340 g/mol. The number of carboxylic acid groups (broad SMARTS) is 1. The number of unbranched alkanes of at least 4 members (excludes halogenated alkanes) is 5. The minimum atomic E-state index is -1.05. The number of amides is 2. The number of carbonyl (C=O) groups excluding carboxylic acids is 2. The van der Waals surface area contributed by atoms with Gasteiger partial charge in [-0.25, -0.2) is 4.79 Å². The lowest BCUT2D eigenvalue weighted by atomic mass is 10.1. The lowest BCUT2D eigenvalue weighted by Crippen LogP contribution is -2.40. The van der Waals surface area contributed by atoms with Gasteiger partial charge < -0.3 is 26.0 Å². The average molecular weight is 374 g/mol. The van der Waals surface area contributed by atoms with Crippen LogP contribution in [0.5, 0.6) is 0 Å². The summed E-state index contributed by atoms with van der Waals surface area (Å²) in [5.74, 6) is -1.37. The number of rotatable bonds is 17. The highest BCUT2D eigenvalue weighted by Crippen LogP contribution is 2.04. The van der Waals surface area contributed by atoms with Crippen molar-refractivity contribution in [2.45, 2.75) is 76.7 Å². The van der Waals surface area contributed by atoms with E-state index in [1.807, 2.05) is 0 Å². The van der Waals surface area contributed by atoms with Crippen molar-refractivity contribution >= 4 is 17.8 Å². The van der Waals surface area contributed by atoms with Crippen LogP contribution < -0.4 is 10.6 Å². The maximum absolute atomic E-state index is 11.7. The molecule has 0 aromatic rings. The topological polar surface area (TPSA) is 136 Å². The molecule has 8 heteroatoms. The van der Waals surface area contributed by atoms with Crippen LogP contribution in [-0.2, 0) is 14.4 Å². The number of hydrogen-bond donors (Lipinski definition) is 5. The highest BCUT2D eigenvalue weighted by molar-refractivity contribution is 5.83. The van der Waals surface area contributed by atoms with Crippen molar-refractivity contribution in [1.82, 2.24) is 10.6 Å². The first kappa shape index (κ1) is 24.3. The number of carbonyl (C=O) groups is 3. The van der Waals surface area contributed by atoms with E-state index in [1.165, 1.54) is 0 Å². The van der Waals surface area contributed by atoms with Crippen LogP contribution in [0.15, 0.2) is 0 Å². The summed E-state index contributed by atoms with van der Waals surface area (Å²) in [6.07, 6.45) is 6.54. The minimum absolute atomic E-state index is 0.0334. The Kier molecular flexibility index (Phi) is 15.7. The summed E-state index contributed by atoms with van der Waals surface area (Å²) < 4.78 is 0. The van der Waals surface area contributed by atoms with Crippen molar-refractivity contribution in [2.24, 2.45) is 0 Å². The molecule has 0 fully saturated rings. The Labute approximate surface area is 155 Å². The molecule has 26 heavy (non-hydrogen) atoms. The minimum Gasteiger partial charge on any atom is -0.480 e. The molecule has 0 aliphatic carbocycles. The van der Waals surface area contributed by atoms with Crippen LogP contribution in [0.3, 0.4) is 0 Å². The summed E-state index contributed by atoms with van der Waals surface area (Å²) in [4.78, 5) is 34.5. The number of nitrogens with one attached hydrogen (secondary N) is 2. The molecule has 1 atom stereocenters. The molecule has 8 nitrogen and oxygen atoms in total. The number of aliphatic hydroxyl groups excluding tert-OH is 2. The van der Waals surface area contributed by atoms with Gasteiger partial charge in [-0.1, -0.05) is 12.8 Å². The van der Waals surface area contributed by atoms with E-state index in [0.717, 1.165) is 19.3 Å². The van der Waals surface area contributed by atoms with Crippen molar-refractivity contribution in [3.05, 3.63) is 0 Å². The zero-order chi connectivity index (χ0) is 19.6. The number of carboxylic acids is 1. The summed E-state index contributed by atoms with van der Waals surface area (Å²) in [6, 6.07) is -0.908. The van der Waals surface area contributed by atoms with Crippen molar-refractivity contribution in [3.63, 3.8) is 0 Å². The maximum atomic E-state index is 11.7. The van der Waals surface area contributed by atoms with Gasteiger partial charge in [0.05, 0.1) is 0 Å². The fourth-order valence-corrected chi connectivity index (χ4v) is 2.46. The van der Waals surface area contributed by atoms with Crippen LogP contribution in [-0.4, -0.2) is 58.9 Å². The van der Waals surface area contributed by atoms with Crippen LogP contribution in [0, 0.1) is 0 Å². The van der Waals surface area contributed by atoms with E-state index in [9.17, 15) is 19.5 Å². The second kappa shape index (κ2) is 16.8. The SMILES string of the molecule is O=C(CCCCCO)NCCCCC(NC(=O)CCCCCO)C(=O)O. The third-order valence-electron chi connectivity index (χ3n) is 4.00. The fourth-order valence-electron chi connectivity index (χ4n) is 2.46. The van der Waals surface area contributed by atoms with E-state index in [2.05, 4.69) is 10.6 Å². The predicted octanol–water partition coefficient (Wildman–Crippen LogP) is 0.948. The molecule has 0 rings (SSSR count). The molecule has 0 saturated heterocycles. The van der Waals surface area contributed by atoms with Gasteiger partial charge in [0, 0.05) is 32.6 Å². The van der Waals surface area contributed by atoms with Gasteiger partial charge in [0.1, 0.15) is 6.04 Å². The van der Waals surface area contributed by atoms with Gasteiger partial charge in [0.25, 0.3) is 0 Å². The highest BCUT2D eigenvalue weighted by Gasteiger charge is 2.19. The third-order valence-corrected chi connectivity index (χ3v) is 4.00. The summed E-state index contributed by atoms with van der Waals surface area (Å²) in [7, 11) is 0. The number of hydrogen-bond acceptors (Lipinski definition) is 5. The molecule has 0 aliphatic rings. The van der Waals surface area contributed by atoms with Crippen molar-refractivity contribution in [2.75, 3.05) is 19.8 Å². The molecule has 0 bridgehead atoms. The van der Waals surface area contributed by atoms with Gasteiger partial charge in [0.15, 0.2) is 0 Å². The first-order chi connectivity index (χ1) is 12.5. The largest absolute Gasteiger partial charge is 0.480 e. The van der Waals surface area contributed by atoms with Crippen LogP contribution in [0.2, 0.25) is 0 Å². The molecule has 2 amide bonds. The van der Waals surface area contributed by atoms with Gasteiger partial charge in [-0.2, -0.15) is 0 Å². The monoisotopic (exact) mass is 374 g/mol. The Morgan fingerprint density at radius 1 is 0.731 bits per heavy atom. The van der Waals surface area contributed by atoms with E-state index in [4.69, 9.17) is 10.2 Å². The van der Waals surface area contributed by atoms with Crippen LogP contribution in [0.25, 0.3) is 0 Å². The molecule has 0 radical (unpaired) electrons. The average Bonchev–Trinajstić information content (AvgIpc) is 2.61. The van der Waals surface area contributed by atoms with Gasteiger partial charge in [0.2, 0.25) is 11.8 Å². The van der Waals surface area contributed by atoms with Gasteiger partial charge in [-0.3, -0.25) is 9.59 Å². The van der Waals surface area contributed by atoms with Crippen LogP contribution >= 0.6 is 0 Å². The number of aliphatic carboxylic acids is 1. The van der Waals surface area contributed by atoms with Gasteiger partial charge in [-0.15, -0.1) is 0 Å². The molecule has 0 spiro atoms. The molecule has 0 aromatic carbocycles. The Morgan fingerprint density at radius 2 is 1.31 bits per heavy atom. The lowest BCUT2D eigenvalue weighted by molar-refractivity contribution is -0.142. The Morgan fingerprint density at radius 3 is 1.85 bits per heavy atom. The normalized spacial score (nSPS) is 11.8. The molecular formula is C18H34N2O6. The third kappa shape index (κ3) is 14.7. The standard InChI is InChI=1S/C18H34N2O6/c21-13-7-1-3-10-16(23)19-12-6-5-9-15(18(25)26)20-17(24)11-4-2-8-14-22/h15,21-22H,1-14H2,(H,19,23)(H,20,24)(H,25,26). The first-order valence-corrected chi connectivity index (χ1v) is 9.51. The molecule has 5 N–H and O–H groups in total. The Balaban J connectivity index is 3.81. The van der Waals surface area contributed by atoms with Gasteiger partial charge >= 0.3 is 5.97 Å². The zero-order valence-corrected chi connectivity index (χ0v) is 15.5. The van der Waals surface area contributed by atoms with Crippen molar-refractivity contribution in [1.29, 1.82) is 0 Å². The van der Waals surface area contributed by atoms with Crippen LogP contribution in [0.1, 0.15) is 70.6 Å². The predicted molar refractivity (Wildman–Crippen MR) is 97.5 cm³/mol. The molecule has 0 heterocycles. The smallest absolute Gasteiger partial charge is 0.326 e. The summed E-state index contributed by atoms with van der Waals surface area (Å²) in [5.41, 5.74) is 0. The van der Waals surface area contributed by atoms with E-state index in [-0.39, 0.29) is 31.4 Å². The lowest BCUT2D eigenvalue weighted by Gasteiger charge is -2.14. The fraction of sp³-hybridized carbons (Fsp3) is 0.833. The summed E-state index contributed by atoms with van der Waals surface area (Å²) in [6.45, 7) is 0.727. The first-order valence-electron chi connectivity index (χ1n) is 9.51. The molecule has 0 aromatic heterocycles. The van der Waals surface area contributed by atoms with E-state index in [1.54, 1.807) is 0 Å². The quantitative estimate of drug-likeness (QED) is 0.240. The van der Waals surface area contributed by atoms with E-state index >= 15 is 0 Å². The molecule has 152 valence electrons. The summed E-state index contributed by atoms with van der Waals surface area (Å²) >= 11 is 0. The van der Waals surface area contributed by atoms with Crippen molar-refractivity contribution < 1.29 is 29.7 Å². The van der Waals surface area contributed by atoms with Crippen molar-refractivity contribution in [3.8, 4) is 0 Å². The van der Waals surface area contributed by atoms with E-state index in [0.29, 0.717) is 51.5 Å². The highest BCUT2D eigenvalue weighted by atomic mass is 16.4. The Bertz CT molecular complexity index is 403.